The summed E-state index contributed by atoms with van der Waals surface area (Å²) in [5.74, 6) is -1.96. The molecule has 0 unspecified atom stereocenters. The van der Waals surface area contributed by atoms with E-state index < -0.39 is 17.9 Å². The summed E-state index contributed by atoms with van der Waals surface area (Å²) in [5, 5.41) is 6.65. The van der Waals surface area contributed by atoms with Gasteiger partial charge in [0.25, 0.3) is 0 Å². The van der Waals surface area contributed by atoms with E-state index in [2.05, 4.69) is 5.32 Å². The summed E-state index contributed by atoms with van der Waals surface area (Å²) < 4.78 is 15.3. The standard InChI is InChI=1S/C21H23NO6S/c1-4-26-20(24)18(21(25)27-5-2)14(3)22-17-13-29-12-16(17)11-28-19(23)15-9-7-6-8-10-15/h6-10,12-13,22H,4-5,11H2,1-3H3. The van der Waals surface area contributed by atoms with Gasteiger partial charge in [0.15, 0.2) is 5.57 Å². The molecule has 0 radical (unpaired) electrons. The van der Waals surface area contributed by atoms with Gasteiger partial charge in [0, 0.05) is 16.6 Å². The molecule has 1 aromatic heterocycles. The molecule has 7 nitrogen and oxygen atoms in total. The number of anilines is 1. The second kappa shape index (κ2) is 11.0. The monoisotopic (exact) mass is 417 g/mol. The van der Waals surface area contributed by atoms with Crippen molar-refractivity contribution in [3.8, 4) is 0 Å². The Hall–Kier alpha value is -3.13. The van der Waals surface area contributed by atoms with Crippen molar-refractivity contribution in [3.63, 3.8) is 0 Å². The number of carbonyl (C=O) groups is 3. The number of allylic oxidation sites excluding steroid dienone is 1. The van der Waals surface area contributed by atoms with E-state index in [0.29, 0.717) is 16.8 Å². The van der Waals surface area contributed by atoms with Crippen LogP contribution in [0.4, 0.5) is 5.69 Å². The summed E-state index contributed by atoms with van der Waals surface area (Å²) >= 11 is 1.40. The van der Waals surface area contributed by atoms with Crippen molar-refractivity contribution in [2.75, 3.05) is 18.5 Å². The molecule has 0 fully saturated rings. The molecular weight excluding hydrogens is 394 g/mol. The SMILES string of the molecule is CCOC(=O)C(C(=O)OCC)=C(C)Nc1cscc1COC(=O)c1ccccc1. The third-order valence-electron chi connectivity index (χ3n) is 3.77. The number of hydrogen-bond acceptors (Lipinski definition) is 8. The molecule has 0 aliphatic carbocycles. The number of hydrogen-bond donors (Lipinski definition) is 1. The molecule has 29 heavy (non-hydrogen) atoms. The molecule has 0 aliphatic heterocycles. The lowest BCUT2D eigenvalue weighted by molar-refractivity contribution is -0.146. The van der Waals surface area contributed by atoms with Gasteiger partial charge in [-0.2, -0.15) is 0 Å². The zero-order valence-electron chi connectivity index (χ0n) is 16.5. The van der Waals surface area contributed by atoms with Crippen molar-refractivity contribution in [2.45, 2.75) is 27.4 Å². The van der Waals surface area contributed by atoms with Crippen LogP contribution in [0.25, 0.3) is 0 Å². The van der Waals surface area contributed by atoms with Gasteiger partial charge in [0.1, 0.15) is 6.61 Å². The largest absolute Gasteiger partial charge is 0.462 e. The third kappa shape index (κ3) is 6.18. The molecule has 0 bridgehead atoms. The van der Waals surface area contributed by atoms with Gasteiger partial charge in [0.05, 0.1) is 24.5 Å². The number of ether oxygens (including phenoxy) is 3. The average Bonchev–Trinajstić information content (AvgIpc) is 3.14. The second-order valence-electron chi connectivity index (χ2n) is 5.82. The molecule has 1 N–H and O–H groups in total. The molecule has 2 rings (SSSR count). The van der Waals surface area contributed by atoms with Gasteiger partial charge in [-0.15, -0.1) is 11.3 Å². The highest BCUT2D eigenvalue weighted by atomic mass is 32.1. The molecule has 8 heteroatoms. The Morgan fingerprint density at radius 1 is 0.931 bits per heavy atom. The fourth-order valence-corrected chi connectivity index (χ4v) is 3.18. The highest BCUT2D eigenvalue weighted by Gasteiger charge is 2.25. The smallest absolute Gasteiger partial charge is 0.347 e. The lowest BCUT2D eigenvalue weighted by Crippen LogP contribution is -2.22. The number of esters is 3. The van der Waals surface area contributed by atoms with Crippen LogP contribution in [-0.2, 0) is 30.4 Å². The quantitative estimate of drug-likeness (QED) is 0.217. The first-order chi connectivity index (χ1) is 14.0. The Balaban J connectivity index is 2.15. The van der Waals surface area contributed by atoms with Crippen LogP contribution in [0.5, 0.6) is 0 Å². The van der Waals surface area contributed by atoms with E-state index in [1.54, 1.807) is 50.4 Å². The van der Waals surface area contributed by atoms with Gasteiger partial charge < -0.3 is 19.5 Å². The molecule has 2 aromatic rings. The Kier molecular flexibility index (Phi) is 8.42. The van der Waals surface area contributed by atoms with Crippen LogP contribution in [0.2, 0.25) is 0 Å². The maximum atomic E-state index is 12.2. The van der Waals surface area contributed by atoms with E-state index >= 15 is 0 Å². The first-order valence-corrected chi connectivity index (χ1v) is 10.0. The molecule has 154 valence electrons. The normalized spacial score (nSPS) is 10.0. The van der Waals surface area contributed by atoms with E-state index in [1.165, 1.54) is 11.3 Å². The summed E-state index contributed by atoms with van der Waals surface area (Å²) in [4.78, 5) is 36.5. The summed E-state index contributed by atoms with van der Waals surface area (Å²) in [6.07, 6.45) is 0. The van der Waals surface area contributed by atoms with Crippen molar-refractivity contribution < 1.29 is 28.6 Å². The first kappa shape index (κ1) is 22.2. The van der Waals surface area contributed by atoms with Gasteiger partial charge >= 0.3 is 17.9 Å². The highest BCUT2D eigenvalue weighted by Crippen LogP contribution is 2.25. The third-order valence-corrected chi connectivity index (χ3v) is 4.56. The van der Waals surface area contributed by atoms with Gasteiger partial charge in [-0.3, -0.25) is 0 Å². The van der Waals surface area contributed by atoms with Crippen molar-refractivity contribution in [1.29, 1.82) is 0 Å². The average molecular weight is 417 g/mol. The van der Waals surface area contributed by atoms with Crippen LogP contribution < -0.4 is 5.32 Å². The minimum atomic E-state index is -0.761. The van der Waals surface area contributed by atoms with Crippen LogP contribution in [0, 0.1) is 0 Å². The summed E-state index contributed by atoms with van der Waals surface area (Å²) in [7, 11) is 0. The van der Waals surface area contributed by atoms with Crippen LogP contribution in [0.1, 0.15) is 36.7 Å². The topological polar surface area (TPSA) is 90.9 Å². The molecule has 0 spiro atoms. The summed E-state index contributed by atoms with van der Waals surface area (Å²) in [5.41, 5.74) is 1.88. The second-order valence-corrected chi connectivity index (χ2v) is 6.56. The number of rotatable bonds is 9. The molecular formula is C21H23NO6S. The zero-order chi connectivity index (χ0) is 21.2. The van der Waals surface area contributed by atoms with E-state index in [0.717, 1.165) is 0 Å². The predicted octanol–water partition coefficient (Wildman–Crippen LogP) is 3.92. The van der Waals surface area contributed by atoms with Crippen molar-refractivity contribution >= 4 is 34.9 Å². The lowest BCUT2D eigenvalue weighted by Gasteiger charge is -2.13. The molecule has 0 saturated heterocycles. The maximum Gasteiger partial charge on any atom is 0.347 e. The molecule has 0 saturated carbocycles. The van der Waals surface area contributed by atoms with E-state index in [1.807, 2.05) is 11.4 Å². The highest BCUT2D eigenvalue weighted by molar-refractivity contribution is 7.08. The maximum absolute atomic E-state index is 12.2. The molecule has 0 amide bonds. The molecule has 1 heterocycles. The fourth-order valence-electron chi connectivity index (χ4n) is 2.41. The van der Waals surface area contributed by atoms with Gasteiger partial charge in [-0.05, 0) is 38.3 Å². The van der Waals surface area contributed by atoms with Crippen molar-refractivity contribution in [2.24, 2.45) is 0 Å². The van der Waals surface area contributed by atoms with Gasteiger partial charge in [-0.25, -0.2) is 14.4 Å². The molecule has 0 atom stereocenters. The van der Waals surface area contributed by atoms with Gasteiger partial charge in [-0.1, -0.05) is 18.2 Å². The zero-order valence-corrected chi connectivity index (χ0v) is 17.3. The lowest BCUT2D eigenvalue weighted by atomic mass is 10.2. The fraction of sp³-hybridized carbons (Fsp3) is 0.286. The first-order valence-electron chi connectivity index (χ1n) is 9.07. The van der Waals surface area contributed by atoms with E-state index in [9.17, 15) is 14.4 Å². The van der Waals surface area contributed by atoms with Crippen molar-refractivity contribution in [1.82, 2.24) is 0 Å². The number of thiophene rings is 1. The number of carbonyl (C=O) groups excluding carboxylic acids is 3. The van der Waals surface area contributed by atoms with Gasteiger partial charge in [0.2, 0.25) is 0 Å². The Morgan fingerprint density at radius 3 is 2.14 bits per heavy atom. The number of nitrogens with one attached hydrogen (secondary N) is 1. The van der Waals surface area contributed by atoms with Crippen LogP contribution in [0.15, 0.2) is 52.4 Å². The Bertz CT molecular complexity index is 868. The van der Waals surface area contributed by atoms with Crippen LogP contribution in [0.3, 0.4) is 0 Å². The predicted molar refractivity (Wildman–Crippen MR) is 109 cm³/mol. The minimum Gasteiger partial charge on any atom is -0.462 e. The molecule has 0 aliphatic rings. The Morgan fingerprint density at radius 2 is 1.55 bits per heavy atom. The van der Waals surface area contributed by atoms with E-state index in [4.69, 9.17) is 14.2 Å². The van der Waals surface area contributed by atoms with Crippen LogP contribution >= 0.6 is 11.3 Å². The molecule has 1 aromatic carbocycles. The van der Waals surface area contributed by atoms with Crippen LogP contribution in [-0.4, -0.2) is 31.1 Å². The number of benzene rings is 1. The van der Waals surface area contributed by atoms with E-state index in [-0.39, 0.29) is 31.1 Å². The van der Waals surface area contributed by atoms with Crippen molar-refractivity contribution in [3.05, 3.63) is 63.5 Å². The Labute approximate surface area is 173 Å². The summed E-state index contributed by atoms with van der Waals surface area (Å²) in [6.45, 7) is 5.20. The summed E-state index contributed by atoms with van der Waals surface area (Å²) in [6, 6.07) is 8.68. The minimum absolute atomic E-state index is 0.0426.